The third kappa shape index (κ3) is 5.53. The molecule has 1 heterocycles. The Morgan fingerprint density at radius 3 is 2.92 bits per heavy atom. The Bertz CT molecular complexity index is 562. The van der Waals surface area contributed by atoms with Gasteiger partial charge in [-0.3, -0.25) is 14.5 Å². The van der Waals surface area contributed by atoms with E-state index in [0.29, 0.717) is 19.7 Å². The topological polar surface area (TPSA) is 84.7 Å². The van der Waals surface area contributed by atoms with E-state index in [4.69, 9.17) is 10.5 Å². The number of primary amides is 1. The number of para-hydroxylation sites is 1. The fourth-order valence-corrected chi connectivity index (χ4v) is 3.10. The van der Waals surface area contributed by atoms with Gasteiger partial charge >= 0.3 is 0 Å². The third-order valence-corrected chi connectivity index (χ3v) is 4.22. The van der Waals surface area contributed by atoms with Crippen molar-refractivity contribution in [2.45, 2.75) is 26.2 Å². The van der Waals surface area contributed by atoms with Crippen LogP contribution in [-0.2, 0) is 16.0 Å². The van der Waals surface area contributed by atoms with E-state index in [1.54, 1.807) is 0 Å². The van der Waals surface area contributed by atoms with Crippen LogP contribution in [0.25, 0.3) is 0 Å². The van der Waals surface area contributed by atoms with Gasteiger partial charge in [-0.1, -0.05) is 18.2 Å². The summed E-state index contributed by atoms with van der Waals surface area (Å²) in [5.74, 6) is 0.515. The molecule has 1 unspecified atom stereocenters. The molecule has 0 aromatic heterocycles. The number of carbonyl (C=O) groups is 2. The number of hydrogen-bond donors (Lipinski definition) is 2. The van der Waals surface area contributed by atoms with E-state index in [0.717, 1.165) is 37.1 Å². The van der Waals surface area contributed by atoms with Gasteiger partial charge in [-0.15, -0.1) is 0 Å². The first kappa shape index (κ1) is 18.3. The minimum atomic E-state index is -0.344. The molecule has 0 aliphatic carbocycles. The number of nitrogens with two attached hydrogens (primary N) is 1. The van der Waals surface area contributed by atoms with Gasteiger partial charge in [0, 0.05) is 13.1 Å². The number of likely N-dealkylation sites (tertiary alicyclic amines) is 1. The maximum absolute atomic E-state index is 12.3. The highest BCUT2D eigenvalue weighted by atomic mass is 16.5. The Labute approximate surface area is 143 Å². The number of nitrogens with zero attached hydrogens (tertiary/aromatic N) is 1. The molecule has 132 valence electrons. The summed E-state index contributed by atoms with van der Waals surface area (Å²) >= 11 is 0. The zero-order chi connectivity index (χ0) is 17.4. The largest absolute Gasteiger partial charge is 0.494 e. The number of amides is 2. The van der Waals surface area contributed by atoms with E-state index < -0.39 is 0 Å². The molecule has 24 heavy (non-hydrogen) atoms. The Morgan fingerprint density at radius 2 is 2.17 bits per heavy atom. The Morgan fingerprint density at radius 1 is 1.38 bits per heavy atom. The van der Waals surface area contributed by atoms with Gasteiger partial charge in [0.15, 0.2) is 0 Å². The first-order valence-electron chi connectivity index (χ1n) is 8.59. The molecule has 3 N–H and O–H groups in total. The van der Waals surface area contributed by atoms with Crippen molar-refractivity contribution < 1.29 is 14.3 Å². The number of piperidine rings is 1. The number of hydrogen-bond acceptors (Lipinski definition) is 4. The van der Waals surface area contributed by atoms with Gasteiger partial charge in [0.2, 0.25) is 11.8 Å². The van der Waals surface area contributed by atoms with Crippen molar-refractivity contribution >= 4 is 11.8 Å². The molecule has 1 atom stereocenters. The number of benzene rings is 1. The summed E-state index contributed by atoms with van der Waals surface area (Å²) in [5, 5.41) is 3.01. The Kier molecular flexibility index (Phi) is 7.06. The van der Waals surface area contributed by atoms with Crippen LogP contribution in [0.4, 0.5) is 0 Å². The van der Waals surface area contributed by atoms with Crippen molar-refractivity contribution in [3.8, 4) is 5.75 Å². The second-order valence-electron chi connectivity index (χ2n) is 6.12. The third-order valence-electron chi connectivity index (χ3n) is 4.22. The van der Waals surface area contributed by atoms with Gasteiger partial charge in [-0.25, -0.2) is 0 Å². The summed E-state index contributed by atoms with van der Waals surface area (Å²) in [6.45, 7) is 4.82. The molecule has 2 rings (SSSR count). The summed E-state index contributed by atoms with van der Waals surface area (Å²) in [6, 6.07) is 7.89. The fraction of sp³-hybridized carbons (Fsp3) is 0.556. The molecule has 0 radical (unpaired) electrons. The standard InChI is InChI=1S/C18H27N3O3/c1-2-24-16-8-4-3-6-14(16)9-10-20-18(23)15-7-5-11-21(12-15)13-17(19)22/h3-4,6,8,15H,2,5,7,9-13H2,1H3,(H2,19,22)(H,20,23). The van der Waals surface area contributed by atoms with Gasteiger partial charge in [0.05, 0.1) is 19.1 Å². The van der Waals surface area contributed by atoms with Crippen LogP contribution in [0.1, 0.15) is 25.3 Å². The van der Waals surface area contributed by atoms with Crippen molar-refractivity contribution in [1.82, 2.24) is 10.2 Å². The van der Waals surface area contributed by atoms with Crippen molar-refractivity contribution in [2.75, 3.05) is 32.8 Å². The van der Waals surface area contributed by atoms with E-state index in [9.17, 15) is 9.59 Å². The van der Waals surface area contributed by atoms with Crippen molar-refractivity contribution in [2.24, 2.45) is 11.7 Å². The normalized spacial score (nSPS) is 18.1. The SMILES string of the molecule is CCOc1ccccc1CCNC(=O)C1CCCN(CC(N)=O)C1. The Balaban J connectivity index is 1.80. The number of rotatable bonds is 8. The maximum Gasteiger partial charge on any atom is 0.231 e. The smallest absolute Gasteiger partial charge is 0.231 e. The molecule has 1 saturated heterocycles. The first-order valence-corrected chi connectivity index (χ1v) is 8.59. The lowest BCUT2D eigenvalue weighted by atomic mass is 9.97. The predicted octanol–water partition coefficient (Wildman–Crippen LogP) is 0.941. The van der Waals surface area contributed by atoms with E-state index in [1.165, 1.54) is 0 Å². The highest BCUT2D eigenvalue weighted by molar-refractivity contribution is 5.79. The van der Waals surface area contributed by atoms with E-state index in [2.05, 4.69) is 5.32 Å². The molecule has 2 amide bonds. The van der Waals surface area contributed by atoms with Crippen LogP contribution in [0.3, 0.4) is 0 Å². The minimum absolute atomic E-state index is 0.0538. The number of carbonyl (C=O) groups excluding carboxylic acids is 2. The van der Waals surface area contributed by atoms with Crippen molar-refractivity contribution in [3.63, 3.8) is 0 Å². The van der Waals surface area contributed by atoms with Crippen LogP contribution < -0.4 is 15.8 Å². The maximum atomic E-state index is 12.3. The van der Waals surface area contributed by atoms with Gasteiger partial charge in [-0.05, 0) is 44.4 Å². The van der Waals surface area contributed by atoms with Crippen LogP contribution in [0.5, 0.6) is 5.75 Å². The lowest BCUT2D eigenvalue weighted by Crippen LogP contribution is -2.46. The molecular weight excluding hydrogens is 306 g/mol. The molecule has 0 saturated carbocycles. The molecule has 0 bridgehead atoms. The molecule has 1 fully saturated rings. The highest BCUT2D eigenvalue weighted by Gasteiger charge is 2.26. The summed E-state index contributed by atoms with van der Waals surface area (Å²) in [7, 11) is 0. The molecule has 1 aromatic carbocycles. The quantitative estimate of drug-likeness (QED) is 0.741. The summed E-state index contributed by atoms with van der Waals surface area (Å²) < 4.78 is 5.60. The average Bonchev–Trinajstić information content (AvgIpc) is 2.56. The molecule has 1 aliphatic rings. The monoisotopic (exact) mass is 333 g/mol. The second-order valence-corrected chi connectivity index (χ2v) is 6.12. The zero-order valence-electron chi connectivity index (χ0n) is 14.3. The van der Waals surface area contributed by atoms with Gasteiger partial charge < -0.3 is 15.8 Å². The summed E-state index contributed by atoms with van der Waals surface area (Å²) in [4.78, 5) is 25.3. The van der Waals surface area contributed by atoms with E-state index >= 15 is 0 Å². The Hall–Kier alpha value is -2.08. The first-order chi connectivity index (χ1) is 11.6. The fourth-order valence-electron chi connectivity index (χ4n) is 3.10. The zero-order valence-corrected chi connectivity index (χ0v) is 14.3. The second kappa shape index (κ2) is 9.27. The highest BCUT2D eigenvalue weighted by Crippen LogP contribution is 2.19. The lowest BCUT2D eigenvalue weighted by Gasteiger charge is -2.31. The van der Waals surface area contributed by atoms with E-state index in [-0.39, 0.29) is 24.3 Å². The summed E-state index contributed by atoms with van der Waals surface area (Å²) in [5.41, 5.74) is 6.33. The van der Waals surface area contributed by atoms with Crippen molar-refractivity contribution in [3.05, 3.63) is 29.8 Å². The van der Waals surface area contributed by atoms with Crippen LogP contribution in [0, 0.1) is 5.92 Å². The predicted molar refractivity (Wildman–Crippen MR) is 92.7 cm³/mol. The van der Waals surface area contributed by atoms with Gasteiger partial charge in [0.1, 0.15) is 5.75 Å². The van der Waals surface area contributed by atoms with Crippen LogP contribution >= 0.6 is 0 Å². The van der Waals surface area contributed by atoms with Crippen LogP contribution in [-0.4, -0.2) is 49.5 Å². The number of nitrogens with one attached hydrogen (secondary N) is 1. The molecule has 6 nitrogen and oxygen atoms in total. The van der Waals surface area contributed by atoms with Crippen LogP contribution in [0.15, 0.2) is 24.3 Å². The summed E-state index contributed by atoms with van der Waals surface area (Å²) in [6.07, 6.45) is 2.51. The van der Waals surface area contributed by atoms with Gasteiger partial charge in [0.25, 0.3) is 0 Å². The van der Waals surface area contributed by atoms with Gasteiger partial charge in [-0.2, -0.15) is 0 Å². The lowest BCUT2D eigenvalue weighted by molar-refractivity contribution is -0.128. The molecular formula is C18H27N3O3. The molecule has 1 aliphatic heterocycles. The average molecular weight is 333 g/mol. The number of ether oxygens (including phenoxy) is 1. The minimum Gasteiger partial charge on any atom is -0.494 e. The molecule has 1 aromatic rings. The van der Waals surface area contributed by atoms with E-state index in [1.807, 2.05) is 36.1 Å². The van der Waals surface area contributed by atoms with Crippen molar-refractivity contribution in [1.29, 1.82) is 0 Å². The molecule has 0 spiro atoms. The van der Waals surface area contributed by atoms with Crippen LogP contribution in [0.2, 0.25) is 0 Å². The molecule has 6 heteroatoms.